The fourth-order valence-electron chi connectivity index (χ4n) is 1.96. The maximum Gasteiger partial charge on any atom is 0.291 e. The number of hydrogen-bond acceptors (Lipinski definition) is 3. The zero-order valence-electron chi connectivity index (χ0n) is 13.1. The Kier molecular flexibility index (Phi) is 4.43. The molecule has 0 N–H and O–H groups in total. The molecule has 0 spiro atoms. The smallest absolute Gasteiger partial charge is 0.291 e. The van der Waals surface area contributed by atoms with Crippen LogP contribution in [0.5, 0.6) is 0 Å². The summed E-state index contributed by atoms with van der Waals surface area (Å²) >= 11 is 0. The van der Waals surface area contributed by atoms with Gasteiger partial charge in [-0.3, -0.25) is 15.1 Å². The van der Waals surface area contributed by atoms with Crippen LogP contribution in [0.25, 0.3) is 4.85 Å². The summed E-state index contributed by atoms with van der Waals surface area (Å²) in [5.41, 5.74) is 1.83. The average molecular weight is 305 g/mol. The lowest BCUT2D eigenvalue weighted by atomic mass is 9.94. The van der Waals surface area contributed by atoms with Crippen LogP contribution in [-0.2, 0) is 5.54 Å². The van der Waals surface area contributed by atoms with Gasteiger partial charge in [-0.25, -0.2) is 6.57 Å². The summed E-state index contributed by atoms with van der Waals surface area (Å²) in [6.07, 6.45) is 1.52. The van der Waals surface area contributed by atoms with Crippen molar-refractivity contribution in [3.8, 4) is 11.8 Å². The van der Waals surface area contributed by atoms with Gasteiger partial charge in [0.1, 0.15) is 5.69 Å². The lowest BCUT2D eigenvalue weighted by molar-refractivity contribution is -0.385. The van der Waals surface area contributed by atoms with Gasteiger partial charge in [-0.05, 0) is 19.1 Å². The van der Waals surface area contributed by atoms with Crippen LogP contribution in [0.15, 0.2) is 36.5 Å². The molecule has 0 saturated heterocycles. The predicted molar refractivity (Wildman–Crippen MR) is 87.7 cm³/mol. The van der Waals surface area contributed by atoms with Crippen LogP contribution in [0, 0.1) is 35.5 Å². The normalized spacial score (nSPS) is 10.3. The molecule has 0 bridgehead atoms. The zero-order valence-corrected chi connectivity index (χ0v) is 13.1. The van der Waals surface area contributed by atoms with Crippen LogP contribution in [0.2, 0.25) is 0 Å². The molecule has 0 atom stereocenters. The molecule has 0 unspecified atom stereocenters. The molecule has 2 rings (SSSR count). The highest BCUT2D eigenvalue weighted by Crippen LogP contribution is 2.25. The van der Waals surface area contributed by atoms with E-state index >= 15 is 0 Å². The first kappa shape index (κ1) is 16.2. The SMILES string of the molecule is [C-]#[N+]C(C)(C)c1cccc(C#Cc2cnc(C)c([N+](=O)[O-])c2)c1. The Morgan fingerprint density at radius 3 is 2.61 bits per heavy atom. The molecule has 114 valence electrons. The van der Waals surface area contributed by atoms with Crippen molar-refractivity contribution in [3.05, 3.63) is 80.4 Å². The Morgan fingerprint density at radius 1 is 1.26 bits per heavy atom. The summed E-state index contributed by atoms with van der Waals surface area (Å²) in [6, 6.07) is 8.86. The first-order valence-electron chi connectivity index (χ1n) is 6.96. The minimum atomic E-state index is -0.609. The summed E-state index contributed by atoms with van der Waals surface area (Å²) in [7, 11) is 0. The van der Waals surface area contributed by atoms with Gasteiger partial charge in [-0.15, -0.1) is 0 Å². The number of nitrogens with zero attached hydrogens (tertiary/aromatic N) is 3. The van der Waals surface area contributed by atoms with E-state index in [-0.39, 0.29) is 5.69 Å². The third-order valence-corrected chi connectivity index (χ3v) is 3.46. The molecular weight excluding hydrogens is 290 g/mol. The van der Waals surface area contributed by atoms with Crippen molar-refractivity contribution in [3.63, 3.8) is 0 Å². The van der Waals surface area contributed by atoms with E-state index in [1.807, 2.05) is 38.1 Å². The number of rotatable bonds is 2. The maximum absolute atomic E-state index is 10.9. The van der Waals surface area contributed by atoms with Crippen LogP contribution >= 0.6 is 0 Å². The van der Waals surface area contributed by atoms with Gasteiger partial charge in [0.05, 0.1) is 10.5 Å². The second kappa shape index (κ2) is 6.29. The summed E-state index contributed by atoms with van der Waals surface area (Å²) < 4.78 is 0. The van der Waals surface area contributed by atoms with Crippen LogP contribution in [-0.4, -0.2) is 9.91 Å². The summed E-state index contributed by atoms with van der Waals surface area (Å²) in [6.45, 7) is 12.5. The van der Waals surface area contributed by atoms with Gasteiger partial charge >= 0.3 is 0 Å². The second-order valence-corrected chi connectivity index (χ2v) is 5.59. The molecule has 0 aliphatic carbocycles. The predicted octanol–water partition coefficient (Wildman–Crippen LogP) is 3.85. The highest BCUT2D eigenvalue weighted by Gasteiger charge is 2.25. The van der Waals surface area contributed by atoms with Crippen LogP contribution in [0.4, 0.5) is 5.69 Å². The van der Waals surface area contributed by atoms with Gasteiger partial charge in [0.15, 0.2) is 0 Å². The fourth-order valence-corrected chi connectivity index (χ4v) is 1.96. The van der Waals surface area contributed by atoms with Crippen LogP contribution in [0.3, 0.4) is 0 Å². The third kappa shape index (κ3) is 3.72. The first-order chi connectivity index (χ1) is 10.8. The molecule has 0 aliphatic rings. The number of pyridine rings is 1. The van der Waals surface area contributed by atoms with Gasteiger partial charge in [-0.2, -0.15) is 0 Å². The van der Waals surface area contributed by atoms with Crippen molar-refractivity contribution < 1.29 is 4.92 Å². The number of hydrogen-bond donors (Lipinski definition) is 0. The molecular formula is C18H15N3O2. The average Bonchev–Trinajstić information content (AvgIpc) is 2.54. The Morgan fingerprint density at radius 2 is 1.96 bits per heavy atom. The molecule has 23 heavy (non-hydrogen) atoms. The molecule has 0 radical (unpaired) electrons. The third-order valence-electron chi connectivity index (χ3n) is 3.46. The Bertz CT molecular complexity index is 868. The van der Waals surface area contributed by atoms with Gasteiger partial charge in [0.25, 0.3) is 11.2 Å². The maximum atomic E-state index is 10.9. The molecule has 0 fully saturated rings. The fraction of sp³-hybridized carbons (Fsp3) is 0.222. The molecule has 1 heterocycles. The minimum absolute atomic E-state index is 0.0420. The number of aryl methyl sites for hydroxylation is 1. The second-order valence-electron chi connectivity index (χ2n) is 5.59. The zero-order chi connectivity index (χ0) is 17.0. The van der Waals surface area contributed by atoms with E-state index in [2.05, 4.69) is 21.7 Å². The number of nitro groups is 1. The van der Waals surface area contributed by atoms with E-state index in [4.69, 9.17) is 6.57 Å². The Hall–Kier alpha value is -3.18. The lowest BCUT2D eigenvalue weighted by Crippen LogP contribution is -2.10. The molecule has 5 nitrogen and oxygen atoms in total. The highest BCUT2D eigenvalue weighted by atomic mass is 16.6. The van der Waals surface area contributed by atoms with E-state index in [0.717, 1.165) is 11.1 Å². The highest BCUT2D eigenvalue weighted by molar-refractivity contribution is 5.48. The first-order valence-corrected chi connectivity index (χ1v) is 6.96. The molecule has 1 aromatic carbocycles. The lowest BCUT2D eigenvalue weighted by Gasteiger charge is -2.11. The Balaban J connectivity index is 2.37. The standard InChI is InChI=1S/C18H15N3O2/c1-13-17(21(22)23)11-15(12-20-13)9-8-14-6-5-7-16(10-14)18(2,3)19-4/h5-7,10-12H,1-3H3. The van der Waals surface area contributed by atoms with Gasteiger partial charge in [0, 0.05) is 37.2 Å². The van der Waals surface area contributed by atoms with E-state index in [9.17, 15) is 10.1 Å². The number of benzene rings is 1. The van der Waals surface area contributed by atoms with Crippen LogP contribution in [0.1, 0.15) is 36.2 Å². The monoisotopic (exact) mass is 305 g/mol. The topological polar surface area (TPSA) is 60.4 Å². The Labute approximate surface area is 135 Å². The van der Waals surface area contributed by atoms with Gasteiger partial charge in [-0.1, -0.05) is 24.0 Å². The van der Waals surface area contributed by atoms with E-state index < -0.39 is 10.5 Å². The minimum Gasteiger partial charge on any atom is -0.306 e. The van der Waals surface area contributed by atoms with Crippen molar-refractivity contribution in [1.29, 1.82) is 0 Å². The van der Waals surface area contributed by atoms with Crippen molar-refractivity contribution in [2.75, 3.05) is 0 Å². The molecule has 5 heteroatoms. The number of aromatic nitrogens is 1. The van der Waals surface area contributed by atoms with Crippen molar-refractivity contribution in [1.82, 2.24) is 4.98 Å². The van der Waals surface area contributed by atoms with Gasteiger partial charge in [0.2, 0.25) is 0 Å². The van der Waals surface area contributed by atoms with E-state index in [1.165, 1.54) is 12.3 Å². The van der Waals surface area contributed by atoms with Crippen molar-refractivity contribution in [2.45, 2.75) is 26.3 Å². The summed E-state index contributed by atoms with van der Waals surface area (Å²) in [4.78, 5) is 18.1. The molecule has 0 aliphatic heterocycles. The molecule has 0 saturated carbocycles. The van der Waals surface area contributed by atoms with Gasteiger partial charge < -0.3 is 4.85 Å². The van der Waals surface area contributed by atoms with Crippen molar-refractivity contribution >= 4 is 5.69 Å². The quantitative estimate of drug-likeness (QED) is 0.366. The van der Waals surface area contributed by atoms with E-state index in [1.54, 1.807) is 6.92 Å². The largest absolute Gasteiger partial charge is 0.306 e. The summed E-state index contributed by atoms with van der Waals surface area (Å²) in [5.74, 6) is 5.85. The van der Waals surface area contributed by atoms with E-state index in [0.29, 0.717) is 11.3 Å². The molecule has 1 aromatic heterocycles. The summed E-state index contributed by atoms with van der Waals surface area (Å²) in [5, 5.41) is 10.9. The molecule has 2 aromatic rings. The van der Waals surface area contributed by atoms with Crippen LogP contribution < -0.4 is 0 Å². The molecule has 0 amide bonds. The van der Waals surface area contributed by atoms with Crippen molar-refractivity contribution in [2.24, 2.45) is 0 Å².